The molecule has 0 aliphatic heterocycles. The van der Waals surface area contributed by atoms with Gasteiger partial charge in [0, 0.05) is 19.0 Å². The number of nitro groups is 1. The zero-order valence-electron chi connectivity index (χ0n) is 9.56. The number of anilines is 1. The third-order valence-corrected chi connectivity index (χ3v) is 2.30. The predicted octanol–water partition coefficient (Wildman–Crippen LogP) is 2.40. The SMILES string of the molecule is O=C(O)CCCCNc1ccc([N+](=O)[O-])cc1F. The van der Waals surface area contributed by atoms with Crippen LogP contribution in [0.4, 0.5) is 15.8 Å². The fraction of sp³-hybridized carbons (Fsp3) is 0.364. The van der Waals surface area contributed by atoms with Crippen LogP contribution in [0.2, 0.25) is 0 Å². The first-order valence-electron chi connectivity index (χ1n) is 5.40. The number of rotatable bonds is 7. The van der Waals surface area contributed by atoms with E-state index in [1.54, 1.807) is 0 Å². The van der Waals surface area contributed by atoms with Crippen LogP contribution in [-0.2, 0) is 4.79 Å². The van der Waals surface area contributed by atoms with Gasteiger partial charge in [-0.15, -0.1) is 0 Å². The summed E-state index contributed by atoms with van der Waals surface area (Å²) in [7, 11) is 0. The van der Waals surface area contributed by atoms with Gasteiger partial charge in [0.05, 0.1) is 16.7 Å². The molecule has 0 unspecified atom stereocenters. The van der Waals surface area contributed by atoms with Crippen molar-refractivity contribution in [2.45, 2.75) is 19.3 Å². The number of aliphatic carboxylic acids is 1. The maximum absolute atomic E-state index is 13.4. The highest BCUT2D eigenvalue weighted by Gasteiger charge is 2.10. The van der Waals surface area contributed by atoms with Crippen LogP contribution in [0, 0.1) is 15.9 Å². The van der Waals surface area contributed by atoms with Crippen molar-refractivity contribution < 1.29 is 19.2 Å². The van der Waals surface area contributed by atoms with Gasteiger partial charge >= 0.3 is 5.97 Å². The molecule has 0 saturated heterocycles. The van der Waals surface area contributed by atoms with Gasteiger partial charge in [-0.2, -0.15) is 0 Å². The largest absolute Gasteiger partial charge is 0.481 e. The Labute approximate surface area is 103 Å². The molecule has 0 aliphatic rings. The number of nitrogens with zero attached hydrogens (tertiary/aromatic N) is 1. The monoisotopic (exact) mass is 256 g/mol. The Morgan fingerprint density at radius 1 is 1.44 bits per heavy atom. The average Bonchev–Trinajstić information content (AvgIpc) is 2.29. The number of nitrogens with one attached hydrogen (secondary N) is 1. The van der Waals surface area contributed by atoms with Gasteiger partial charge in [0.2, 0.25) is 0 Å². The summed E-state index contributed by atoms with van der Waals surface area (Å²) in [5.41, 5.74) is -0.125. The van der Waals surface area contributed by atoms with E-state index in [4.69, 9.17) is 5.11 Å². The molecule has 0 heterocycles. The van der Waals surface area contributed by atoms with Crippen LogP contribution in [0.25, 0.3) is 0 Å². The molecule has 18 heavy (non-hydrogen) atoms. The number of carboxylic acids is 1. The number of non-ortho nitro benzene ring substituents is 1. The second-order valence-electron chi connectivity index (χ2n) is 3.70. The van der Waals surface area contributed by atoms with Gasteiger partial charge in [-0.05, 0) is 18.9 Å². The molecule has 98 valence electrons. The number of benzene rings is 1. The molecule has 6 nitrogen and oxygen atoms in total. The van der Waals surface area contributed by atoms with Gasteiger partial charge in [-0.3, -0.25) is 14.9 Å². The van der Waals surface area contributed by atoms with E-state index in [1.165, 1.54) is 12.1 Å². The second-order valence-corrected chi connectivity index (χ2v) is 3.70. The molecule has 1 rings (SSSR count). The molecule has 0 aliphatic carbocycles. The standard InChI is InChI=1S/C11H13FN2O4/c12-9-7-8(14(17)18)4-5-10(9)13-6-2-1-3-11(15)16/h4-5,7,13H,1-3,6H2,(H,15,16). The molecule has 0 saturated carbocycles. The summed E-state index contributed by atoms with van der Waals surface area (Å²) in [4.78, 5) is 20.0. The van der Waals surface area contributed by atoms with Crippen molar-refractivity contribution in [2.24, 2.45) is 0 Å². The van der Waals surface area contributed by atoms with Crippen molar-refractivity contribution in [2.75, 3.05) is 11.9 Å². The highest BCUT2D eigenvalue weighted by molar-refractivity contribution is 5.66. The van der Waals surface area contributed by atoms with Gasteiger partial charge in [0.1, 0.15) is 0 Å². The minimum atomic E-state index is -0.864. The van der Waals surface area contributed by atoms with Gasteiger partial charge in [0.15, 0.2) is 5.82 Å². The zero-order valence-corrected chi connectivity index (χ0v) is 9.56. The Kier molecular flexibility index (Phi) is 5.04. The molecule has 0 amide bonds. The Morgan fingerprint density at radius 3 is 2.72 bits per heavy atom. The number of unbranched alkanes of at least 4 members (excludes halogenated alkanes) is 1. The van der Waals surface area contributed by atoms with Crippen molar-refractivity contribution in [1.29, 1.82) is 0 Å². The third kappa shape index (κ3) is 4.36. The number of carbonyl (C=O) groups is 1. The first-order chi connectivity index (χ1) is 8.50. The van der Waals surface area contributed by atoms with Crippen molar-refractivity contribution in [1.82, 2.24) is 0 Å². The Balaban J connectivity index is 2.43. The van der Waals surface area contributed by atoms with Gasteiger partial charge < -0.3 is 10.4 Å². The topological polar surface area (TPSA) is 92.5 Å². The van der Waals surface area contributed by atoms with E-state index in [0.717, 1.165) is 6.07 Å². The molecular formula is C11H13FN2O4. The zero-order chi connectivity index (χ0) is 13.5. The summed E-state index contributed by atoms with van der Waals surface area (Å²) < 4.78 is 13.4. The van der Waals surface area contributed by atoms with E-state index in [9.17, 15) is 19.3 Å². The number of nitro benzene ring substituents is 1. The fourth-order valence-electron chi connectivity index (χ4n) is 1.39. The molecule has 0 atom stereocenters. The van der Waals surface area contributed by atoms with Crippen molar-refractivity contribution in [3.63, 3.8) is 0 Å². The molecule has 0 spiro atoms. The van der Waals surface area contributed by atoms with Crippen molar-refractivity contribution >= 4 is 17.3 Å². The number of hydrogen-bond donors (Lipinski definition) is 2. The molecule has 0 aromatic heterocycles. The molecule has 1 aromatic rings. The quantitative estimate of drug-likeness (QED) is 0.444. The lowest BCUT2D eigenvalue weighted by molar-refractivity contribution is -0.385. The summed E-state index contributed by atoms with van der Waals surface area (Å²) in [5, 5.41) is 21.6. The highest BCUT2D eigenvalue weighted by atomic mass is 19.1. The highest BCUT2D eigenvalue weighted by Crippen LogP contribution is 2.20. The first kappa shape index (κ1) is 13.9. The maximum Gasteiger partial charge on any atom is 0.303 e. The van der Waals surface area contributed by atoms with Gasteiger partial charge in [-0.1, -0.05) is 0 Å². The van der Waals surface area contributed by atoms with Crippen LogP contribution in [0.1, 0.15) is 19.3 Å². The lowest BCUT2D eigenvalue weighted by atomic mass is 10.2. The molecular weight excluding hydrogens is 243 g/mol. The summed E-state index contributed by atoms with van der Waals surface area (Å²) in [6.45, 7) is 0.419. The van der Waals surface area contributed by atoms with E-state index in [1.807, 2.05) is 0 Å². The molecule has 0 fully saturated rings. The predicted molar refractivity (Wildman–Crippen MR) is 63.0 cm³/mol. The molecule has 7 heteroatoms. The summed E-state index contributed by atoms with van der Waals surface area (Å²) in [6.07, 6.45) is 1.16. The maximum atomic E-state index is 13.4. The van der Waals surface area contributed by atoms with Crippen molar-refractivity contribution in [3.8, 4) is 0 Å². The number of halogens is 1. The van der Waals surface area contributed by atoms with E-state index >= 15 is 0 Å². The normalized spacial score (nSPS) is 10.1. The van der Waals surface area contributed by atoms with Gasteiger partial charge in [0.25, 0.3) is 5.69 Å². The Hall–Kier alpha value is -2.18. The number of carboxylic acid groups (broad SMARTS) is 1. The van der Waals surface area contributed by atoms with Crippen LogP contribution in [0.15, 0.2) is 18.2 Å². The van der Waals surface area contributed by atoms with E-state index in [0.29, 0.717) is 19.4 Å². The van der Waals surface area contributed by atoms with Crippen LogP contribution < -0.4 is 5.32 Å². The summed E-state index contributed by atoms with van der Waals surface area (Å²) >= 11 is 0. The minimum absolute atomic E-state index is 0.0738. The minimum Gasteiger partial charge on any atom is -0.481 e. The Morgan fingerprint density at radius 2 is 2.17 bits per heavy atom. The van der Waals surface area contributed by atoms with E-state index in [-0.39, 0.29) is 17.8 Å². The Bertz CT molecular complexity index is 451. The summed E-state index contributed by atoms with van der Waals surface area (Å²) in [5.74, 6) is -1.56. The summed E-state index contributed by atoms with van der Waals surface area (Å²) in [6, 6.07) is 3.35. The second kappa shape index (κ2) is 6.53. The first-order valence-corrected chi connectivity index (χ1v) is 5.40. The van der Waals surface area contributed by atoms with Crippen LogP contribution in [0.5, 0.6) is 0 Å². The smallest absolute Gasteiger partial charge is 0.303 e. The fourth-order valence-corrected chi connectivity index (χ4v) is 1.39. The lowest BCUT2D eigenvalue weighted by Gasteiger charge is -2.06. The van der Waals surface area contributed by atoms with E-state index < -0.39 is 16.7 Å². The van der Waals surface area contributed by atoms with Crippen LogP contribution in [0.3, 0.4) is 0 Å². The van der Waals surface area contributed by atoms with Crippen LogP contribution in [-0.4, -0.2) is 22.5 Å². The average molecular weight is 256 g/mol. The molecule has 2 N–H and O–H groups in total. The lowest BCUT2D eigenvalue weighted by Crippen LogP contribution is -2.05. The molecule has 0 radical (unpaired) electrons. The third-order valence-electron chi connectivity index (χ3n) is 2.30. The van der Waals surface area contributed by atoms with Crippen molar-refractivity contribution in [3.05, 3.63) is 34.1 Å². The van der Waals surface area contributed by atoms with Gasteiger partial charge in [-0.25, -0.2) is 4.39 Å². The van der Waals surface area contributed by atoms with E-state index in [2.05, 4.69) is 5.32 Å². The van der Waals surface area contributed by atoms with Crippen LogP contribution >= 0.6 is 0 Å². The molecule has 0 bridgehead atoms. The molecule has 1 aromatic carbocycles. The number of hydrogen-bond acceptors (Lipinski definition) is 4.